The standard InChI is InChI=1S/C14H18Cl2FNO2S/c1-2-3-10-4-5-18(9-10)21(19,20)12-6-11(8-15)14(16)13(17)7-12/h6-7,10H,2-5,8-9H2,1H3. The zero-order valence-electron chi connectivity index (χ0n) is 11.8. The third-order valence-electron chi connectivity index (χ3n) is 3.80. The third-order valence-corrected chi connectivity index (χ3v) is 6.36. The second-order valence-electron chi connectivity index (χ2n) is 5.32. The molecule has 0 N–H and O–H groups in total. The number of hydrogen-bond acceptors (Lipinski definition) is 2. The fraction of sp³-hybridized carbons (Fsp3) is 0.571. The van der Waals surface area contributed by atoms with Crippen LogP contribution in [0.2, 0.25) is 5.02 Å². The fourth-order valence-electron chi connectivity index (χ4n) is 2.67. The molecule has 7 heteroatoms. The van der Waals surface area contributed by atoms with Crippen molar-refractivity contribution in [2.75, 3.05) is 13.1 Å². The molecule has 0 spiro atoms. The highest BCUT2D eigenvalue weighted by molar-refractivity contribution is 7.89. The molecule has 1 aromatic carbocycles. The van der Waals surface area contributed by atoms with Crippen LogP contribution in [0.1, 0.15) is 31.7 Å². The fourth-order valence-corrected chi connectivity index (χ4v) is 4.72. The molecule has 1 heterocycles. The van der Waals surface area contributed by atoms with Gasteiger partial charge in [-0.3, -0.25) is 0 Å². The van der Waals surface area contributed by atoms with Gasteiger partial charge in [-0.1, -0.05) is 24.9 Å². The minimum absolute atomic E-state index is 0.0302. The average molecular weight is 354 g/mol. The minimum atomic E-state index is -3.69. The van der Waals surface area contributed by atoms with Gasteiger partial charge in [0.15, 0.2) is 0 Å². The maximum atomic E-state index is 13.8. The Morgan fingerprint density at radius 2 is 2.14 bits per heavy atom. The van der Waals surface area contributed by atoms with E-state index in [1.165, 1.54) is 10.4 Å². The van der Waals surface area contributed by atoms with Gasteiger partial charge in [-0.25, -0.2) is 12.8 Å². The predicted octanol–water partition coefficient (Wildman–Crippen LogP) is 4.03. The van der Waals surface area contributed by atoms with E-state index >= 15 is 0 Å². The summed E-state index contributed by atoms with van der Waals surface area (Å²) >= 11 is 11.5. The first-order chi connectivity index (χ1) is 9.90. The van der Waals surface area contributed by atoms with Crippen molar-refractivity contribution in [1.82, 2.24) is 4.31 Å². The molecule has 0 bridgehead atoms. The molecule has 1 unspecified atom stereocenters. The van der Waals surface area contributed by atoms with Crippen LogP contribution in [0.4, 0.5) is 4.39 Å². The number of nitrogens with zero attached hydrogens (tertiary/aromatic N) is 1. The Balaban J connectivity index is 2.30. The van der Waals surface area contributed by atoms with Gasteiger partial charge in [0.2, 0.25) is 10.0 Å². The predicted molar refractivity (Wildman–Crippen MR) is 82.7 cm³/mol. The number of hydrogen-bond donors (Lipinski definition) is 0. The molecular formula is C14H18Cl2FNO2S. The zero-order valence-corrected chi connectivity index (χ0v) is 14.1. The minimum Gasteiger partial charge on any atom is -0.207 e. The molecule has 0 amide bonds. The van der Waals surface area contributed by atoms with Gasteiger partial charge < -0.3 is 0 Å². The molecule has 1 aliphatic heterocycles. The van der Waals surface area contributed by atoms with Crippen LogP contribution in [0.3, 0.4) is 0 Å². The Kier molecular flexibility index (Phi) is 5.52. The van der Waals surface area contributed by atoms with Crippen molar-refractivity contribution in [2.24, 2.45) is 5.92 Å². The average Bonchev–Trinajstić information content (AvgIpc) is 2.91. The molecule has 1 aromatic rings. The van der Waals surface area contributed by atoms with Crippen LogP contribution >= 0.6 is 23.2 Å². The SMILES string of the molecule is CCCC1CCN(S(=O)(=O)c2cc(F)c(Cl)c(CCl)c2)C1. The van der Waals surface area contributed by atoms with E-state index in [0.29, 0.717) is 24.6 Å². The Morgan fingerprint density at radius 3 is 2.76 bits per heavy atom. The van der Waals surface area contributed by atoms with Crippen molar-refractivity contribution in [2.45, 2.75) is 37.0 Å². The van der Waals surface area contributed by atoms with Crippen LogP contribution in [0.15, 0.2) is 17.0 Å². The Labute approximate surface area is 135 Å². The number of alkyl halides is 1. The maximum Gasteiger partial charge on any atom is 0.243 e. The largest absolute Gasteiger partial charge is 0.243 e. The Morgan fingerprint density at radius 1 is 1.43 bits per heavy atom. The molecule has 1 aliphatic rings. The second kappa shape index (κ2) is 6.82. The molecule has 118 valence electrons. The van der Waals surface area contributed by atoms with Crippen molar-refractivity contribution in [1.29, 1.82) is 0 Å². The van der Waals surface area contributed by atoms with Gasteiger partial charge in [-0.2, -0.15) is 4.31 Å². The summed E-state index contributed by atoms with van der Waals surface area (Å²) < 4.78 is 40.4. The van der Waals surface area contributed by atoms with Crippen LogP contribution in [0, 0.1) is 11.7 Å². The van der Waals surface area contributed by atoms with Crippen LogP contribution in [-0.4, -0.2) is 25.8 Å². The Bertz CT molecular complexity index is 622. The lowest BCUT2D eigenvalue weighted by Crippen LogP contribution is -2.29. The van der Waals surface area contributed by atoms with E-state index in [1.807, 2.05) is 0 Å². The van der Waals surface area contributed by atoms with Crippen molar-refractivity contribution in [3.8, 4) is 0 Å². The van der Waals surface area contributed by atoms with Crippen LogP contribution in [0.5, 0.6) is 0 Å². The maximum absolute atomic E-state index is 13.8. The molecule has 0 saturated carbocycles. The summed E-state index contributed by atoms with van der Waals surface area (Å²) in [4.78, 5) is -0.0720. The quantitative estimate of drug-likeness (QED) is 0.749. The normalized spacial score (nSPS) is 20.1. The highest BCUT2D eigenvalue weighted by Gasteiger charge is 2.32. The summed E-state index contributed by atoms with van der Waals surface area (Å²) in [6, 6.07) is 2.34. The first kappa shape index (κ1) is 17.0. The molecule has 0 radical (unpaired) electrons. The summed E-state index contributed by atoms with van der Waals surface area (Å²) in [6.45, 7) is 3.06. The topological polar surface area (TPSA) is 37.4 Å². The number of rotatable bonds is 5. The van der Waals surface area contributed by atoms with Crippen LogP contribution in [0.25, 0.3) is 0 Å². The van der Waals surface area contributed by atoms with Crippen molar-refractivity contribution >= 4 is 33.2 Å². The lowest BCUT2D eigenvalue weighted by atomic mass is 10.0. The summed E-state index contributed by atoms with van der Waals surface area (Å²) in [5.74, 6) is -0.399. The van der Waals surface area contributed by atoms with E-state index in [9.17, 15) is 12.8 Å². The first-order valence-electron chi connectivity index (χ1n) is 6.94. The highest BCUT2D eigenvalue weighted by atomic mass is 35.5. The molecule has 21 heavy (non-hydrogen) atoms. The first-order valence-corrected chi connectivity index (χ1v) is 9.29. The van der Waals surface area contributed by atoms with Gasteiger partial charge >= 0.3 is 0 Å². The third kappa shape index (κ3) is 3.52. The molecule has 3 nitrogen and oxygen atoms in total. The smallest absolute Gasteiger partial charge is 0.207 e. The molecule has 1 fully saturated rings. The molecule has 1 atom stereocenters. The van der Waals surface area contributed by atoms with E-state index in [4.69, 9.17) is 23.2 Å². The van der Waals surface area contributed by atoms with Crippen molar-refractivity contribution in [3.63, 3.8) is 0 Å². The molecule has 0 aromatic heterocycles. The number of benzene rings is 1. The molecule has 0 aliphatic carbocycles. The van der Waals surface area contributed by atoms with Gasteiger partial charge in [0.05, 0.1) is 9.92 Å². The highest BCUT2D eigenvalue weighted by Crippen LogP contribution is 2.30. The van der Waals surface area contributed by atoms with E-state index < -0.39 is 15.8 Å². The van der Waals surface area contributed by atoms with Gasteiger partial charge in [-0.15, -0.1) is 11.6 Å². The number of sulfonamides is 1. The van der Waals surface area contributed by atoms with Crippen LogP contribution in [-0.2, 0) is 15.9 Å². The second-order valence-corrected chi connectivity index (χ2v) is 7.90. The van der Waals surface area contributed by atoms with E-state index in [2.05, 4.69) is 6.92 Å². The summed E-state index contributed by atoms with van der Waals surface area (Å²) in [6.07, 6.45) is 2.89. The summed E-state index contributed by atoms with van der Waals surface area (Å²) in [5, 5.41) is -0.116. The van der Waals surface area contributed by atoms with E-state index in [0.717, 1.165) is 25.3 Å². The summed E-state index contributed by atoms with van der Waals surface area (Å²) in [7, 11) is -3.69. The van der Waals surface area contributed by atoms with Crippen molar-refractivity contribution < 1.29 is 12.8 Å². The van der Waals surface area contributed by atoms with Gasteiger partial charge in [0.25, 0.3) is 0 Å². The molecule has 2 rings (SSSR count). The summed E-state index contributed by atoms with van der Waals surface area (Å²) in [5.41, 5.74) is 0.293. The van der Waals surface area contributed by atoms with Crippen molar-refractivity contribution in [3.05, 3.63) is 28.5 Å². The van der Waals surface area contributed by atoms with Crippen LogP contribution < -0.4 is 0 Å². The monoisotopic (exact) mass is 353 g/mol. The number of halogens is 3. The molecular weight excluding hydrogens is 336 g/mol. The van der Waals surface area contributed by atoms with E-state index in [-0.39, 0.29) is 15.8 Å². The lowest BCUT2D eigenvalue weighted by Gasteiger charge is -2.17. The zero-order chi connectivity index (χ0) is 15.6. The van der Waals surface area contributed by atoms with Gasteiger partial charge in [-0.05, 0) is 36.5 Å². The Hall–Kier alpha value is -0.360. The van der Waals surface area contributed by atoms with E-state index in [1.54, 1.807) is 0 Å². The van der Waals surface area contributed by atoms with Gasteiger partial charge in [0.1, 0.15) is 5.82 Å². The van der Waals surface area contributed by atoms with Gasteiger partial charge in [0, 0.05) is 19.0 Å². The molecule has 1 saturated heterocycles. The lowest BCUT2D eigenvalue weighted by molar-refractivity contribution is 0.444.